The zero-order valence-electron chi connectivity index (χ0n) is 15.4. The van der Waals surface area contributed by atoms with Crippen LogP contribution in [0.5, 0.6) is 0 Å². The first kappa shape index (κ1) is 20.8. The van der Waals surface area contributed by atoms with E-state index in [1.807, 2.05) is 13.8 Å². The summed E-state index contributed by atoms with van der Waals surface area (Å²) in [5.74, 6) is 1.09. The quantitative estimate of drug-likeness (QED) is 0.763. The smallest absolute Gasteiger partial charge is 0.128 e. The SMILES string of the molecule is CC.COCCO.NC1CCc2nc(N3CCC(N)C3)ccc2C1. The summed E-state index contributed by atoms with van der Waals surface area (Å²) in [5.41, 5.74) is 14.5. The van der Waals surface area contributed by atoms with Crippen molar-refractivity contribution < 1.29 is 9.84 Å². The van der Waals surface area contributed by atoms with Crippen molar-refractivity contribution in [2.45, 2.75) is 51.6 Å². The van der Waals surface area contributed by atoms with Crippen molar-refractivity contribution in [3.63, 3.8) is 0 Å². The van der Waals surface area contributed by atoms with Crippen LogP contribution in [0.15, 0.2) is 12.1 Å². The minimum atomic E-state index is 0.122. The van der Waals surface area contributed by atoms with E-state index in [0.717, 1.165) is 44.6 Å². The first-order chi connectivity index (χ1) is 11.6. The van der Waals surface area contributed by atoms with Gasteiger partial charge in [-0.05, 0) is 37.3 Å². The van der Waals surface area contributed by atoms with Crippen molar-refractivity contribution in [2.75, 3.05) is 38.3 Å². The van der Waals surface area contributed by atoms with Crippen molar-refractivity contribution in [3.8, 4) is 0 Å². The lowest BCUT2D eigenvalue weighted by molar-refractivity contribution is 0.135. The van der Waals surface area contributed by atoms with Crippen molar-refractivity contribution in [1.29, 1.82) is 0 Å². The van der Waals surface area contributed by atoms with Crippen molar-refractivity contribution >= 4 is 5.82 Å². The van der Waals surface area contributed by atoms with E-state index in [0.29, 0.717) is 18.7 Å². The van der Waals surface area contributed by atoms with Gasteiger partial charge in [0.05, 0.1) is 13.2 Å². The van der Waals surface area contributed by atoms with Crippen LogP contribution in [0.25, 0.3) is 0 Å². The first-order valence-corrected chi connectivity index (χ1v) is 8.98. The molecular weight excluding hydrogens is 304 g/mol. The van der Waals surface area contributed by atoms with Crippen LogP contribution in [-0.4, -0.2) is 55.6 Å². The lowest BCUT2D eigenvalue weighted by atomic mass is 9.92. The highest BCUT2D eigenvalue weighted by Gasteiger charge is 2.22. The molecule has 0 bridgehead atoms. The largest absolute Gasteiger partial charge is 0.394 e. The summed E-state index contributed by atoms with van der Waals surface area (Å²) in [7, 11) is 1.55. The van der Waals surface area contributed by atoms with Gasteiger partial charge in [0.2, 0.25) is 0 Å². The number of aliphatic hydroxyl groups is 1. The number of rotatable bonds is 3. The molecule has 6 heteroatoms. The number of aromatic nitrogens is 1. The monoisotopic (exact) mass is 338 g/mol. The Balaban J connectivity index is 0.000000356. The molecular formula is C18H34N4O2. The molecule has 3 rings (SSSR count). The molecule has 2 heterocycles. The molecule has 1 fully saturated rings. The molecule has 0 aromatic carbocycles. The molecule has 24 heavy (non-hydrogen) atoms. The summed E-state index contributed by atoms with van der Waals surface area (Å²) in [4.78, 5) is 7.07. The van der Waals surface area contributed by atoms with Crippen LogP contribution < -0.4 is 16.4 Å². The number of pyridine rings is 1. The molecule has 1 aromatic rings. The Hall–Kier alpha value is -1.21. The fourth-order valence-electron chi connectivity index (χ4n) is 2.89. The Kier molecular flexibility index (Phi) is 9.86. The van der Waals surface area contributed by atoms with Gasteiger partial charge in [-0.25, -0.2) is 4.98 Å². The highest BCUT2D eigenvalue weighted by Crippen LogP contribution is 2.24. The molecule has 0 spiro atoms. The fraction of sp³-hybridized carbons (Fsp3) is 0.722. The molecule has 138 valence electrons. The second kappa shape index (κ2) is 11.4. The van der Waals surface area contributed by atoms with Gasteiger partial charge in [-0.15, -0.1) is 0 Å². The molecule has 0 amide bonds. The van der Waals surface area contributed by atoms with Gasteiger partial charge in [0.15, 0.2) is 0 Å². The fourth-order valence-corrected chi connectivity index (χ4v) is 2.89. The Bertz CT molecular complexity index is 468. The van der Waals surface area contributed by atoms with E-state index in [2.05, 4.69) is 21.8 Å². The normalized spacial score (nSPS) is 22.0. The van der Waals surface area contributed by atoms with Crippen molar-refractivity contribution in [1.82, 2.24) is 4.98 Å². The Morgan fingerprint density at radius 3 is 2.54 bits per heavy atom. The standard InChI is InChI=1S/C13H20N4.C3H8O2.C2H6/c14-10-2-3-12-9(7-10)1-4-13(16-12)17-6-5-11(15)8-17;1-5-3-2-4;1-2/h1,4,10-11H,2-3,5-8,14-15H2;4H,2-3H2,1H3;1-2H3. The number of hydrogen-bond donors (Lipinski definition) is 3. The number of nitrogens with two attached hydrogens (primary N) is 2. The van der Waals surface area contributed by atoms with Crippen molar-refractivity contribution in [3.05, 3.63) is 23.4 Å². The number of methoxy groups -OCH3 is 1. The molecule has 0 radical (unpaired) electrons. The van der Waals surface area contributed by atoms with Gasteiger partial charge in [-0.2, -0.15) is 0 Å². The highest BCUT2D eigenvalue weighted by molar-refractivity contribution is 5.44. The highest BCUT2D eigenvalue weighted by atomic mass is 16.5. The van der Waals surface area contributed by atoms with Crippen LogP contribution in [0.3, 0.4) is 0 Å². The lowest BCUT2D eigenvalue weighted by Crippen LogP contribution is -2.30. The van der Waals surface area contributed by atoms with E-state index in [1.165, 1.54) is 11.3 Å². The molecule has 0 saturated carbocycles. The van der Waals surface area contributed by atoms with Gasteiger partial charge in [-0.3, -0.25) is 0 Å². The lowest BCUT2D eigenvalue weighted by Gasteiger charge is -2.23. The van der Waals surface area contributed by atoms with Gasteiger partial charge < -0.3 is 26.2 Å². The summed E-state index contributed by atoms with van der Waals surface area (Å²) < 4.78 is 4.44. The third-order valence-electron chi connectivity index (χ3n) is 4.13. The van der Waals surface area contributed by atoms with Crippen LogP contribution in [0.2, 0.25) is 0 Å². The number of fused-ring (bicyclic) bond motifs is 1. The molecule has 1 aliphatic carbocycles. The van der Waals surface area contributed by atoms with Crippen LogP contribution in [-0.2, 0) is 17.6 Å². The number of hydrogen-bond acceptors (Lipinski definition) is 6. The summed E-state index contributed by atoms with van der Waals surface area (Å²) in [6.07, 6.45) is 4.12. The maximum absolute atomic E-state index is 7.94. The molecule has 6 nitrogen and oxygen atoms in total. The minimum absolute atomic E-state index is 0.122. The maximum Gasteiger partial charge on any atom is 0.128 e. The summed E-state index contributed by atoms with van der Waals surface area (Å²) >= 11 is 0. The van der Waals surface area contributed by atoms with E-state index in [9.17, 15) is 0 Å². The van der Waals surface area contributed by atoms with E-state index in [1.54, 1.807) is 7.11 Å². The summed E-state index contributed by atoms with van der Waals surface area (Å²) in [5, 5.41) is 7.94. The van der Waals surface area contributed by atoms with E-state index in [4.69, 9.17) is 21.6 Å². The van der Waals surface area contributed by atoms with Crippen LogP contribution >= 0.6 is 0 Å². The first-order valence-electron chi connectivity index (χ1n) is 8.98. The number of nitrogens with zero attached hydrogens (tertiary/aromatic N) is 2. The van der Waals surface area contributed by atoms with Gasteiger partial charge in [0, 0.05) is 38.0 Å². The maximum atomic E-state index is 7.94. The molecule has 5 N–H and O–H groups in total. The Morgan fingerprint density at radius 2 is 2.00 bits per heavy atom. The average Bonchev–Trinajstić information content (AvgIpc) is 3.04. The second-order valence-corrected chi connectivity index (χ2v) is 5.99. The molecule has 1 aromatic heterocycles. The number of ether oxygens (including phenoxy) is 1. The van der Waals surface area contributed by atoms with Crippen LogP contribution in [0.1, 0.15) is 37.9 Å². The predicted octanol–water partition coefficient (Wildman–Crippen LogP) is 1.09. The topological polar surface area (TPSA) is 97.6 Å². The third-order valence-corrected chi connectivity index (χ3v) is 4.13. The molecule has 1 saturated heterocycles. The zero-order chi connectivity index (χ0) is 17.9. The van der Waals surface area contributed by atoms with E-state index in [-0.39, 0.29) is 6.61 Å². The van der Waals surface area contributed by atoms with Gasteiger partial charge >= 0.3 is 0 Å². The Labute approximate surface area is 146 Å². The van der Waals surface area contributed by atoms with Crippen molar-refractivity contribution in [2.24, 2.45) is 11.5 Å². The second-order valence-electron chi connectivity index (χ2n) is 5.99. The molecule has 2 unspecified atom stereocenters. The summed E-state index contributed by atoms with van der Waals surface area (Å²) in [6, 6.07) is 4.94. The average molecular weight is 338 g/mol. The number of aryl methyl sites for hydroxylation is 1. The Morgan fingerprint density at radius 1 is 1.25 bits per heavy atom. The van der Waals surface area contributed by atoms with Gasteiger partial charge in [0.1, 0.15) is 5.82 Å². The summed E-state index contributed by atoms with van der Waals surface area (Å²) in [6.45, 7) is 6.54. The van der Waals surface area contributed by atoms with E-state index >= 15 is 0 Å². The zero-order valence-corrected chi connectivity index (χ0v) is 15.4. The van der Waals surface area contributed by atoms with Crippen LogP contribution in [0.4, 0.5) is 5.82 Å². The predicted molar refractivity (Wildman–Crippen MR) is 99.4 cm³/mol. The molecule has 1 aliphatic heterocycles. The third kappa shape index (κ3) is 6.36. The molecule has 2 atom stereocenters. The number of anilines is 1. The van der Waals surface area contributed by atoms with E-state index < -0.39 is 0 Å². The minimum Gasteiger partial charge on any atom is -0.394 e. The number of aliphatic hydroxyl groups excluding tert-OH is 1. The van der Waals surface area contributed by atoms with Gasteiger partial charge in [-0.1, -0.05) is 19.9 Å². The van der Waals surface area contributed by atoms with Gasteiger partial charge in [0.25, 0.3) is 0 Å². The molecule has 2 aliphatic rings. The van der Waals surface area contributed by atoms with Crippen LogP contribution in [0, 0.1) is 0 Å².